The van der Waals surface area contributed by atoms with Gasteiger partial charge in [-0.25, -0.2) is 0 Å². The van der Waals surface area contributed by atoms with E-state index in [1.165, 1.54) is 0 Å². The summed E-state index contributed by atoms with van der Waals surface area (Å²) in [6.45, 7) is 5.76. The zero-order valence-corrected chi connectivity index (χ0v) is 12.2. The third-order valence-electron chi connectivity index (χ3n) is 3.66. The fraction of sp³-hybridized carbons (Fsp3) is 0.600. The van der Waals surface area contributed by atoms with Gasteiger partial charge in [0.2, 0.25) is 0 Å². The highest BCUT2D eigenvalue weighted by Crippen LogP contribution is 2.28. The van der Waals surface area contributed by atoms with Crippen LogP contribution in [0.5, 0.6) is 5.75 Å². The molecule has 0 amide bonds. The summed E-state index contributed by atoms with van der Waals surface area (Å²) in [5.74, 6) is 0.820. The van der Waals surface area contributed by atoms with E-state index in [0.717, 1.165) is 16.9 Å². The average molecular weight is 267 g/mol. The minimum Gasteiger partial charge on any atom is -0.496 e. The number of hydrogen-bond acceptors (Lipinski definition) is 4. The predicted octanol–water partition coefficient (Wildman–Crippen LogP) is 1.79. The van der Waals surface area contributed by atoms with Gasteiger partial charge in [-0.1, -0.05) is 19.1 Å². The van der Waals surface area contributed by atoms with E-state index in [9.17, 15) is 10.2 Å². The van der Waals surface area contributed by atoms with Gasteiger partial charge in [-0.05, 0) is 31.9 Å². The van der Waals surface area contributed by atoms with Crippen LogP contribution in [0.25, 0.3) is 0 Å². The van der Waals surface area contributed by atoms with Gasteiger partial charge in [0.25, 0.3) is 0 Å². The largest absolute Gasteiger partial charge is 0.496 e. The Morgan fingerprint density at radius 2 is 1.95 bits per heavy atom. The molecule has 0 fully saturated rings. The molecule has 108 valence electrons. The zero-order chi connectivity index (χ0) is 14.5. The number of rotatable bonds is 7. The highest BCUT2D eigenvalue weighted by atomic mass is 16.5. The molecule has 0 saturated carbocycles. The Bertz CT molecular complexity index is 394. The number of methoxy groups -OCH3 is 1. The molecule has 0 saturated heterocycles. The number of aryl methyl sites for hydroxylation is 1. The Kier molecular flexibility index (Phi) is 5.79. The molecule has 1 rings (SSSR count). The average Bonchev–Trinajstić information content (AvgIpc) is 2.44. The summed E-state index contributed by atoms with van der Waals surface area (Å²) in [6, 6.07) is 6.01. The Labute approximate surface area is 115 Å². The summed E-state index contributed by atoms with van der Waals surface area (Å²) in [6.07, 6.45) is 0.651. The summed E-state index contributed by atoms with van der Waals surface area (Å²) < 4.78 is 5.40. The van der Waals surface area contributed by atoms with E-state index in [4.69, 9.17) is 4.74 Å². The second-order valence-electron chi connectivity index (χ2n) is 5.06. The monoisotopic (exact) mass is 267 g/mol. The molecule has 1 atom stereocenters. The van der Waals surface area contributed by atoms with Crippen LogP contribution < -0.4 is 10.1 Å². The SMILES string of the molecule is CCC(CO)(CO)NC(C)c1ccc(C)cc1OC. The minimum atomic E-state index is -0.657. The number of nitrogens with one attached hydrogen (secondary N) is 1. The molecule has 1 aromatic carbocycles. The Morgan fingerprint density at radius 3 is 2.42 bits per heavy atom. The van der Waals surface area contributed by atoms with Crippen molar-refractivity contribution in [1.29, 1.82) is 0 Å². The Morgan fingerprint density at radius 1 is 1.32 bits per heavy atom. The highest BCUT2D eigenvalue weighted by Gasteiger charge is 2.29. The molecule has 1 aromatic rings. The molecule has 1 unspecified atom stereocenters. The molecule has 3 N–H and O–H groups in total. The number of aliphatic hydroxyl groups is 2. The predicted molar refractivity (Wildman–Crippen MR) is 76.5 cm³/mol. The third-order valence-corrected chi connectivity index (χ3v) is 3.66. The summed E-state index contributed by atoms with van der Waals surface area (Å²) in [5.41, 5.74) is 1.50. The van der Waals surface area contributed by atoms with Gasteiger partial charge in [0.05, 0.1) is 25.9 Å². The van der Waals surface area contributed by atoms with Crippen LogP contribution in [0.15, 0.2) is 18.2 Å². The van der Waals surface area contributed by atoms with Gasteiger partial charge >= 0.3 is 0 Å². The van der Waals surface area contributed by atoms with Gasteiger partial charge in [0.15, 0.2) is 0 Å². The van der Waals surface area contributed by atoms with Crippen molar-refractivity contribution in [2.45, 2.75) is 38.8 Å². The molecule has 0 aliphatic heterocycles. The molecule has 4 heteroatoms. The van der Waals surface area contributed by atoms with E-state index in [1.54, 1.807) is 7.11 Å². The highest BCUT2D eigenvalue weighted by molar-refractivity contribution is 5.39. The van der Waals surface area contributed by atoms with Crippen LogP contribution in [0.1, 0.15) is 37.4 Å². The first-order valence-electron chi connectivity index (χ1n) is 6.66. The lowest BCUT2D eigenvalue weighted by Gasteiger charge is -2.33. The summed E-state index contributed by atoms with van der Waals surface area (Å²) >= 11 is 0. The Balaban J connectivity index is 2.97. The second-order valence-corrected chi connectivity index (χ2v) is 5.06. The molecule has 0 bridgehead atoms. The van der Waals surface area contributed by atoms with Gasteiger partial charge in [0.1, 0.15) is 5.75 Å². The van der Waals surface area contributed by atoms with E-state index < -0.39 is 5.54 Å². The van der Waals surface area contributed by atoms with Gasteiger partial charge in [-0.2, -0.15) is 0 Å². The van der Waals surface area contributed by atoms with Crippen molar-refractivity contribution in [3.05, 3.63) is 29.3 Å². The first kappa shape index (κ1) is 16.0. The zero-order valence-electron chi connectivity index (χ0n) is 12.2. The molecular formula is C15H25NO3. The van der Waals surface area contributed by atoms with Gasteiger partial charge in [0, 0.05) is 11.6 Å². The molecule has 0 aliphatic rings. The summed E-state index contributed by atoms with van der Waals surface area (Å²) in [5, 5.41) is 22.3. The van der Waals surface area contributed by atoms with Crippen molar-refractivity contribution in [1.82, 2.24) is 5.32 Å². The fourth-order valence-corrected chi connectivity index (χ4v) is 2.18. The van der Waals surface area contributed by atoms with Gasteiger partial charge in [-0.15, -0.1) is 0 Å². The topological polar surface area (TPSA) is 61.7 Å². The maximum absolute atomic E-state index is 9.49. The standard InChI is InChI=1S/C15H25NO3/c1-5-15(9-17,10-18)16-12(3)13-7-6-11(2)8-14(13)19-4/h6-8,12,16-18H,5,9-10H2,1-4H3. The quantitative estimate of drug-likeness (QED) is 0.705. The molecule has 0 spiro atoms. The number of benzene rings is 1. The number of hydrogen-bond donors (Lipinski definition) is 3. The van der Waals surface area contributed by atoms with Crippen molar-refractivity contribution in [2.24, 2.45) is 0 Å². The first-order valence-corrected chi connectivity index (χ1v) is 6.66. The lowest BCUT2D eigenvalue weighted by molar-refractivity contribution is 0.0790. The Hall–Kier alpha value is -1.10. The van der Waals surface area contributed by atoms with Crippen LogP contribution >= 0.6 is 0 Å². The maximum Gasteiger partial charge on any atom is 0.123 e. The van der Waals surface area contributed by atoms with Crippen molar-refractivity contribution in [2.75, 3.05) is 20.3 Å². The van der Waals surface area contributed by atoms with Gasteiger partial charge in [-0.3, -0.25) is 0 Å². The van der Waals surface area contributed by atoms with Gasteiger partial charge < -0.3 is 20.3 Å². The second kappa shape index (κ2) is 6.89. The maximum atomic E-state index is 9.49. The lowest BCUT2D eigenvalue weighted by atomic mass is 9.95. The van der Waals surface area contributed by atoms with E-state index >= 15 is 0 Å². The van der Waals surface area contributed by atoms with Crippen LogP contribution in [0.4, 0.5) is 0 Å². The van der Waals surface area contributed by atoms with Crippen LogP contribution in [-0.4, -0.2) is 36.1 Å². The third kappa shape index (κ3) is 3.69. The fourth-order valence-electron chi connectivity index (χ4n) is 2.18. The van der Waals surface area contributed by atoms with Crippen LogP contribution in [0, 0.1) is 6.92 Å². The molecule has 0 aliphatic carbocycles. The molecule has 0 heterocycles. The number of aliphatic hydroxyl groups excluding tert-OH is 2. The van der Waals surface area contributed by atoms with Crippen molar-refractivity contribution >= 4 is 0 Å². The molecule has 0 aromatic heterocycles. The minimum absolute atomic E-state index is 0.0187. The normalized spacial score (nSPS) is 13.4. The van der Waals surface area contributed by atoms with E-state index in [1.807, 2.05) is 39.0 Å². The van der Waals surface area contributed by atoms with Crippen molar-refractivity contribution in [3.63, 3.8) is 0 Å². The van der Waals surface area contributed by atoms with Crippen molar-refractivity contribution < 1.29 is 14.9 Å². The summed E-state index contributed by atoms with van der Waals surface area (Å²) in [4.78, 5) is 0. The molecule has 19 heavy (non-hydrogen) atoms. The molecule has 0 radical (unpaired) electrons. The first-order chi connectivity index (χ1) is 9.01. The van der Waals surface area contributed by atoms with Crippen LogP contribution in [0.2, 0.25) is 0 Å². The van der Waals surface area contributed by atoms with Crippen LogP contribution in [0.3, 0.4) is 0 Å². The van der Waals surface area contributed by atoms with E-state index in [-0.39, 0.29) is 19.3 Å². The lowest BCUT2D eigenvalue weighted by Crippen LogP contribution is -2.52. The van der Waals surface area contributed by atoms with Crippen LogP contribution in [-0.2, 0) is 0 Å². The smallest absolute Gasteiger partial charge is 0.123 e. The summed E-state index contributed by atoms with van der Waals surface area (Å²) in [7, 11) is 1.65. The van der Waals surface area contributed by atoms with E-state index in [0.29, 0.717) is 6.42 Å². The van der Waals surface area contributed by atoms with E-state index in [2.05, 4.69) is 5.32 Å². The van der Waals surface area contributed by atoms with Crippen molar-refractivity contribution in [3.8, 4) is 5.75 Å². The molecule has 4 nitrogen and oxygen atoms in total. The molecular weight excluding hydrogens is 242 g/mol. The number of ether oxygens (including phenoxy) is 1.